The summed E-state index contributed by atoms with van der Waals surface area (Å²) in [5.41, 5.74) is 4.52. The van der Waals surface area contributed by atoms with Gasteiger partial charge >= 0.3 is 0 Å². The standard InChI is InChI=1S/C16H25N3O/c1-12(2)15-8-5-9-19(15)11-14-7-4-3-6-13(14)10-16(20)18-17/h3-4,6-7,12,15H,5,8-11,17H2,1-2H3,(H,18,20). The van der Waals surface area contributed by atoms with Crippen LogP contribution in [0.4, 0.5) is 0 Å². The fraction of sp³-hybridized carbons (Fsp3) is 0.562. The number of nitrogens with one attached hydrogen (secondary N) is 1. The molecule has 1 fully saturated rings. The van der Waals surface area contributed by atoms with Gasteiger partial charge in [0.1, 0.15) is 0 Å². The highest BCUT2D eigenvalue weighted by Gasteiger charge is 2.27. The molecular formula is C16H25N3O. The quantitative estimate of drug-likeness (QED) is 0.490. The van der Waals surface area contributed by atoms with Gasteiger partial charge in [0.25, 0.3) is 0 Å². The van der Waals surface area contributed by atoms with E-state index >= 15 is 0 Å². The van der Waals surface area contributed by atoms with Crippen molar-refractivity contribution < 1.29 is 4.79 Å². The van der Waals surface area contributed by atoms with Crippen molar-refractivity contribution in [2.45, 2.75) is 45.7 Å². The van der Waals surface area contributed by atoms with Gasteiger partial charge in [0, 0.05) is 12.6 Å². The highest BCUT2D eigenvalue weighted by Crippen LogP contribution is 2.26. The second-order valence-corrected chi connectivity index (χ2v) is 5.94. The minimum absolute atomic E-state index is 0.140. The number of carbonyl (C=O) groups is 1. The molecule has 4 nitrogen and oxygen atoms in total. The first kappa shape index (κ1) is 15.0. The Morgan fingerprint density at radius 1 is 1.40 bits per heavy atom. The Morgan fingerprint density at radius 3 is 2.75 bits per heavy atom. The molecule has 1 amide bonds. The van der Waals surface area contributed by atoms with Gasteiger partial charge in [-0.15, -0.1) is 0 Å². The molecule has 110 valence electrons. The van der Waals surface area contributed by atoms with Crippen molar-refractivity contribution in [2.75, 3.05) is 6.54 Å². The smallest absolute Gasteiger partial charge is 0.238 e. The highest BCUT2D eigenvalue weighted by atomic mass is 16.2. The average molecular weight is 275 g/mol. The van der Waals surface area contributed by atoms with E-state index in [4.69, 9.17) is 5.84 Å². The van der Waals surface area contributed by atoms with Crippen LogP contribution in [0.15, 0.2) is 24.3 Å². The molecule has 0 bridgehead atoms. The van der Waals surface area contributed by atoms with Gasteiger partial charge < -0.3 is 0 Å². The Morgan fingerprint density at radius 2 is 2.10 bits per heavy atom. The molecule has 20 heavy (non-hydrogen) atoms. The van der Waals surface area contributed by atoms with E-state index in [0.717, 1.165) is 18.7 Å². The number of rotatable bonds is 5. The predicted octanol–water partition coefficient (Wildman–Crippen LogP) is 1.84. The van der Waals surface area contributed by atoms with Crippen LogP contribution in [0.5, 0.6) is 0 Å². The van der Waals surface area contributed by atoms with E-state index in [1.54, 1.807) is 0 Å². The van der Waals surface area contributed by atoms with Crippen LogP contribution in [0.25, 0.3) is 0 Å². The molecule has 1 unspecified atom stereocenters. The van der Waals surface area contributed by atoms with Crippen LogP contribution < -0.4 is 11.3 Å². The van der Waals surface area contributed by atoms with Gasteiger partial charge in [-0.3, -0.25) is 15.1 Å². The minimum Gasteiger partial charge on any atom is -0.296 e. The van der Waals surface area contributed by atoms with Gasteiger partial charge in [0.05, 0.1) is 6.42 Å². The molecule has 1 atom stereocenters. The van der Waals surface area contributed by atoms with Crippen LogP contribution in [0.3, 0.4) is 0 Å². The van der Waals surface area contributed by atoms with Crippen molar-refractivity contribution in [1.29, 1.82) is 0 Å². The van der Waals surface area contributed by atoms with Crippen LogP contribution in [0.2, 0.25) is 0 Å². The van der Waals surface area contributed by atoms with Crippen LogP contribution in [0.1, 0.15) is 37.8 Å². The molecule has 1 aromatic carbocycles. The summed E-state index contributed by atoms with van der Waals surface area (Å²) in [6.07, 6.45) is 2.91. The number of carbonyl (C=O) groups excluding carboxylic acids is 1. The lowest BCUT2D eigenvalue weighted by molar-refractivity contribution is -0.120. The number of benzene rings is 1. The third kappa shape index (κ3) is 3.58. The first-order valence-electron chi connectivity index (χ1n) is 7.42. The molecule has 0 radical (unpaired) electrons. The van der Waals surface area contributed by atoms with Crippen LogP contribution >= 0.6 is 0 Å². The van der Waals surface area contributed by atoms with Crippen molar-refractivity contribution in [2.24, 2.45) is 11.8 Å². The molecule has 0 aliphatic carbocycles. The summed E-state index contributed by atoms with van der Waals surface area (Å²) < 4.78 is 0. The van der Waals surface area contributed by atoms with E-state index in [1.807, 2.05) is 18.2 Å². The Balaban J connectivity index is 2.10. The lowest BCUT2D eigenvalue weighted by Crippen LogP contribution is -2.34. The Hall–Kier alpha value is -1.39. The molecule has 0 aromatic heterocycles. The molecule has 3 N–H and O–H groups in total. The fourth-order valence-electron chi connectivity index (χ4n) is 3.13. The number of nitrogens with two attached hydrogens (primary N) is 1. The van der Waals surface area contributed by atoms with E-state index < -0.39 is 0 Å². The molecule has 1 heterocycles. The molecule has 1 aromatic rings. The van der Waals surface area contributed by atoms with Gasteiger partial charge in [-0.05, 0) is 36.4 Å². The number of nitrogens with zero attached hydrogens (tertiary/aromatic N) is 1. The van der Waals surface area contributed by atoms with E-state index in [0.29, 0.717) is 18.4 Å². The van der Waals surface area contributed by atoms with Crippen LogP contribution in [-0.2, 0) is 17.8 Å². The summed E-state index contributed by atoms with van der Waals surface area (Å²) in [6.45, 7) is 6.66. The Kier molecular flexibility index (Phi) is 5.15. The lowest BCUT2D eigenvalue weighted by atomic mass is 10.00. The first-order valence-corrected chi connectivity index (χ1v) is 7.42. The second-order valence-electron chi connectivity index (χ2n) is 5.94. The second kappa shape index (κ2) is 6.86. The summed E-state index contributed by atoms with van der Waals surface area (Å²) in [7, 11) is 0. The zero-order chi connectivity index (χ0) is 14.5. The average Bonchev–Trinajstić information content (AvgIpc) is 2.89. The zero-order valence-electron chi connectivity index (χ0n) is 12.4. The maximum Gasteiger partial charge on any atom is 0.238 e. The SMILES string of the molecule is CC(C)C1CCCN1Cc1ccccc1CC(=O)NN. The molecular weight excluding hydrogens is 250 g/mol. The minimum atomic E-state index is -0.140. The molecule has 1 saturated heterocycles. The summed E-state index contributed by atoms with van der Waals surface area (Å²) >= 11 is 0. The maximum atomic E-state index is 11.5. The lowest BCUT2D eigenvalue weighted by Gasteiger charge is -2.28. The van der Waals surface area contributed by atoms with Gasteiger partial charge in [0.2, 0.25) is 5.91 Å². The van der Waals surface area contributed by atoms with Crippen LogP contribution in [0, 0.1) is 5.92 Å². The van der Waals surface area contributed by atoms with Gasteiger partial charge in [-0.2, -0.15) is 0 Å². The number of likely N-dealkylation sites (tertiary alicyclic amines) is 1. The first-order chi connectivity index (χ1) is 9.61. The normalized spacial score (nSPS) is 19.5. The van der Waals surface area contributed by atoms with Crippen molar-refractivity contribution >= 4 is 5.91 Å². The highest BCUT2D eigenvalue weighted by molar-refractivity contribution is 5.78. The van der Waals surface area contributed by atoms with Gasteiger partial charge in [0.15, 0.2) is 0 Å². The monoisotopic (exact) mass is 275 g/mol. The predicted molar refractivity (Wildman–Crippen MR) is 80.7 cm³/mol. The number of hydrogen-bond acceptors (Lipinski definition) is 3. The fourth-order valence-corrected chi connectivity index (χ4v) is 3.13. The summed E-state index contributed by atoms with van der Waals surface area (Å²) in [5.74, 6) is 5.72. The summed E-state index contributed by atoms with van der Waals surface area (Å²) in [6, 6.07) is 8.82. The third-order valence-corrected chi connectivity index (χ3v) is 4.19. The zero-order valence-corrected chi connectivity index (χ0v) is 12.4. The summed E-state index contributed by atoms with van der Waals surface area (Å²) in [4.78, 5) is 14.0. The molecule has 4 heteroatoms. The van der Waals surface area contributed by atoms with Crippen molar-refractivity contribution in [1.82, 2.24) is 10.3 Å². The largest absolute Gasteiger partial charge is 0.296 e. The van der Waals surface area contributed by atoms with E-state index in [9.17, 15) is 4.79 Å². The van der Waals surface area contributed by atoms with Crippen LogP contribution in [-0.4, -0.2) is 23.4 Å². The van der Waals surface area contributed by atoms with Crippen molar-refractivity contribution in [3.63, 3.8) is 0 Å². The molecule has 1 aliphatic heterocycles. The van der Waals surface area contributed by atoms with Gasteiger partial charge in [-0.1, -0.05) is 38.1 Å². The maximum absolute atomic E-state index is 11.5. The van der Waals surface area contributed by atoms with E-state index in [-0.39, 0.29) is 5.91 Å². The topological polar surface area (TPSA) is 58.4 Å². The number of hydrazine groups is 1. The molecule has 0 spiro atoms. The molecule has 1 aliphatic rings. The number of amides is 1. The summed E-state index contributed by atoms with van der Waals surface area (Å²) in [5, 5.41) is 0. The van der Waals surface area contributed by atoms with E-state index in [2.05, 4.69) is 30.2 Å². The Labute approximate surface area is 121 Å². The molecule has 2 rings (SSSR count). The van der Waals surface area contributed by atoms with Gasteiger partial charge in [-0.25, -0.2) is 5.84 Å². The van der Waals surface area contributed by atoms with Crippen molar-refractivity contribution in [3.8, 4) is 0 Å². The Bertz CT molecular complexity index is 459. The van der Waals surface area contributed by atoms with Crippen molar-refractivity contribution in [3.05, 3.63) is 35.4 Å². The molecule has 0 saturated carbocycles. The third-order valence-electron chi connectivity index (χ3n) is 4.19. The number of hydrogen-bond donors (Lipinski definition) is 2. The van der Waals surface area contributed by atoms with E-state index in [1.165, 1.54) is 18.4 Å².